The van der Waals surface area contributed by atoms with Gasteiger partial charge in [-0.15, -0.1) is 0 Å². The van der Waals surface area contributed by atoms with Crippen LogP contribution in [0.15, 0.2) is 0 Å². The largest absolute Gasteiger partial charge is 0.369 e. The summed E-state index contributed by atoms with van der Waals surface area (Å²) in [5.74, 6) is 0. The summed E-state index contributed by atoms with van der Waals surface area (Å²) < 4.78 is -0.431. The summed E-state index contributed by atoms with van der Waals surface area (Å²) in [4.78, 5) is 0. The molecular weight excluding hydrogens is 160 g/mol. The van der Waals surface area contributed by atoms with Gasteiger partial charge in [0.15, 0.2) is 4.27 Å². The van der Waals surface area contributed by atoms with E-state index < -0.39 is 4.27 Å². The first-order valence-electron chi connectivity index (χ1n) is 2.53. The third-order valence-corrected chi connectivity index (χ3v) is 6.38. The summed E-state index contributed by atoms with van der Waals surface area (Å²) in [5, 5.41) is 9.32. The summed E-state index contributed by atoms with van der Waals surface area (Å²) in [6, 6.07) is 0. The first-order chi connectivity index (χ1) is 3.77. The van der Waals surface area contributed by atoms with Crippen molar-refractivity contribution in [3.63, 3.8) is 0 Å². The van der Waals surface area contributed by atoms with Crippen LogP contribution in [-0.2, 0) is 0 Å². The molecule has 0 radical (unpaired) electrons. The molecule has 0 bridgehead atoms. The summed E-state index contributed by atoms with van der Waals surface area (Å²) >= 11 is 0. The van der Waals surface area contributed by atoms with Crippen LogP contribution < -0.4 is 0 Å². The molecule has 1 saturated heterocycles. The Balaban J connectivity index is 2.20. The van der Waals surface area contributed by atoms with Crippen molar-refractivity contribution in [2.45, 2.75) is 24.0 Å². The van der Waals surface area contributed by atoms with E-state index in [1.54, 1.807) is 31.4 Å². The third kappa shape index (κ3) is 1.50. The van der Waals surface area contributed by atoms with Gasteiger partial charge in [0.1, 0.15) is 0 Å². The molecule has 48 valence electrons. The van der Waals surface area contributed by atoms with Crippen molar-refractivity contribution in [1.82, 2.24) is 0 Å². The minimum atomic E-state index is -0.431. The van der Waals surface area contributed by atoms with Crippen LogP contribution in [0.1, 0.15) is 19.8 Å². The van der Waals surface area contributed by atoms with Crippen molar-refractivity contribution in [3.8, 4) is 0 Å². The van der Waals surface area contributed by atoms with Crippen molar-refractivity contribution in [3.05, 3.63) is 0 Å². The lowest BCUT2D eigenvalue weighted by atomic mass is 10.3. The molecule has 0 aromatic rings. The second-order valence-electron chi connectivity index (χ2n) is 1.70. The maximum Gasteiger partial charge on any atom is 0.178 e. The zero-order chi connectivity index (χ0) is 6.04. The molecule has 1 aliphatic rings. The Morgan fingerprint density at radius 3 is 2.25 bits per heavy atom. The van der Waals surface area contributed by atoms with Gasteiger partial charge < -0.3 is 5.11 Å². The molecule has 1 nitrogen and oxygen atoms in total. The zero-order valence-corrected chi connectivity index (χ0v) is 7.04. The van der Waals surface area contributed by atoms with E-state index in [2.05, 4.69) is 6.92 Å². The van der Waals surface area contributed by atoms with Crippen molar-refractivity contribution < 1.29 is 5.11 Å². The Hall–Kier alpha value is 1.01. The van der Waals surface area contributed by atoms with Crippen molar-refractivity contribution >= 4 is 31.4 Å². The van der Waals surface area contributed by atoms with E-state index in [1.807, 2.05) is 0 Å². The summed E-state index contributed by atoms with van der Waals surface area (Å²) in [5.41, 5.74) is 0. The minimum absolute atomic E-state index is 0.431. The van der Waals surface area contributed by atoms with Crippen LogP contribution in [-0.4, -0.2) is 9.37 Å². The second kappa shape index (κ2) is 2.73. The van der Waals surface area contributed by atoms with Crippen LogP contribution in [0.5, 0.6) is 0 Å². The molecule has 1 rings (SSSR count). The fourth-order valence-electron chi connectivity index (χ4n) is 0.512. The highest BCUT2D eigenvalue weighted by Crippen LogP contribution is 2.65. The number of hydrogen-bond donors (Lipinski definition) is 1. The first kappa shape index (κ1) is 7.12. The molecule has 0 unspecified atom stereocenters. The monoisotopic (exact) mass is 168 g/mol. The topological polar surface area (TPSA) is 20.2 Å². The molecule has 4 heteroatoms. The van der Waals surface area contributed by atoms with E-state index >= 15 is 0 Å². The molecule has 0 saturated carbocycles. The summed E-state index contributed by atoms with van der Waals surface area (Å²) in [6.45, 7) is 2.09. The van der Waals surface area contributed by atoms with Crippen molar-refractivity contribution in [2.75, 3.05) is 0 Å². The average Bonchev–Trinajstić information content (AvgIpc) is 1.64. The van der Waals surface area contributed by atoms with Gasteiger partial charge >= 0.3 is 0 Å². The predicted octanol–water partition coefficient (Wildman–Crippen LogP) is 2.48. The third-order valence-electron chi connectivity index (χ3n) is 0.894. The lowest BCUT2D eigenvalue weighted by molar-refractivity contribution is 0.220. The Labute approximate surface area is 60.8 Å². The predicted molar refractivity (Wildman–Crippen MR) is 42.6 cm³/mol. The van der Waals surface area contributed by atoms with Crippen molar-refractivity contribution in [2.24, 2.45) is 0 Å². The van der Waals surface area contributed by atoms with Crippen LogP contribution in [0, 0.1) is 0 Å². The van der Waals surface area contributed by atoms with E-state index in [-0.39, 0.29) is 0 Å². The standard InChI is InChI=1S/C4H8OS3/c1-2-3-4(5)6-8-7-4/h5H,2-3H2,1H3. The fraction of sp³-hybridized carbons (Fsp3) is 1.00. The summed E-state index contributed by atoms with van der Waals surface area (Å²) in [6.07, 6.45) is 1.98. The van der Waals surface area contributed by atoms with Gasteiger partial charge in [0, 0.05) is 0 Å². The smallest absolute Gasteiger partial charge is 0.178 e. The van der Waals surface area contributed by atoms with Gasteiger partial charge in [0.25, 0.3) is 0 Å². The molecule has 8 heavy (non-hydrogen) atoms. The molecule has 1 aliphatic heterocycles. The minimum Gasteiger partial charge on any atom is -0.369 e. The quantitative estimate of drug-likeness (QED) is 0.639. The van der Waals surface area contributed by atoms with Crippen LogP contribution in [0.25, 0.3) is 0 Å². The Bertz CT molecular complexity index is 81.4. The number of aliphatic hydroxyl groups is 1. The van der Waals surface area contributed by atoms with E-state index in [0.717, 1.165) is 12.8 Å². The molecule has 0 aromatic carbocycles. The van der Waals surface area contributed by atoms with Gasteiger partial charge in [0.05, 0.1) is 0 Å². The highest BCUT2D eigenvalue weighted by molar-refractivity contribution is 9.18. The van der Waals surface area contributed by atoms with Gasteiger partial charge in [-0.3, -0.25) is 0 Å². The SMILES string of the molecule is CCCC1(O)SSS1. The van der Waals surface area contributed by atoms with E-state index in [1.165, 1.54) is 0 Å². The highest BCUT2D eigenvalue weighted by atomic mass is 33.5. The van der Waals surface area contributed by atoms with Crippen LogP contribution in [0.4, 0.5) is 0 Å². The van der Waals surface area contributed by atoms with Gasteiger partial charge in [-0.25, -0.2) is 0 Å². The second-order valence-corrected chi connectivity index (χ2v) is 6.41. The molecule has 0 spiro atoms. The molecule has 1 fully saturated rings. The van der Waals surface area contributed by atoms with Gasteiger partial charge in [0.2, 0.25) is 0 Å². The van der Waals surface area contributed by atoms with Crippen molar-refractivity contribution in [1.29, 1.82) is 0 Å². The number of rotatable bonds is 2. The molecular formula is C4H8OS3. The zero-order valence-electron chi connectivity index (χ0n) is 4.59. The highest BCUT2D eigenvalue weighted by Gasteiger charge is 2.37. The molecule has 0 aliphatic carbocycles. The van der Waals surface area contributed by atoms with Crippen LogP contribution in [0.3, 0.4) is 0 Å². The lowest BCUT2D eigenvalue weighted by Crippen LogP contribution is -2.20. The van der Waals surface area contributed by atoms with E-state index in [9.17, 15) is 5.11 Å². The van der Waals surface area contributed by atoms with E-state index in [0.29, 0.717) is 0 Å². The lowest BCUT2D eigenvalue weighted by Gasteiger charge is -2.32. The maximum absolute atomic E-state index is 9.32. The normalized spacial score (nSPS) is 24.8. The fourth-order valence-corrected chi connectivity index (χ4v) is 4.51. The molecule has 1 heterocycles. The van der Waals surface area contributed by atoms with Gasteiger partial charge in [-0.1, -0.05) is 13.3 Å². The molecule has 0 aromatic heterocycles. The number of hydrogen-bond acceptors (Lipinski definition) is 4. The van der Waals surface area contributed by atoms with Crippen LogP contribution in [0.2, 0.25) is 0 Å². The molecule has 1 N–H and O–H groups in total. The molecule has 0 amide bonds. The van der Waals surface area contributed by atoms with Gasteiger partial charge in [-0.2, -0.15) is 0 Å². The Kier molecular flexibility index (Phi) is 2.43. The Morgan fingerprint density at radius 2 is 2.12 bits per heavy atom. The first-order valence-corrected chi connectivity index (χ1v) is 6.01. The van der Waals surface area contributed by atoms with Crippen LogP contribution >= 0.6 is 31.4 Å². The maximum atomic E-state index is 9.32. The van der Waals surface area contributed by atoms with Gasteiger partial charge in [-0.05, 0) is 37.8 Å². The average molecular weight is 168 g/mol. The molecule has 0 atom stereocenters. The Morgan fingerprint density at radius 1 is 1.50 bits per heavy atom. The van der Waals surface area contributed by atoms with E-state index in [4.69, 9.17) is 0 Å². The summed E-state index contributed by atoms with van der Waals surface area (Å²) in [7, 11) is 4.80.